The van der Waals surface area contributed by atoms with Crippen LogP contribution in [-0.2, 0) is 0 Å². The van der Waals surface area contributed by atoms with Crippen molar-refractivity contribution >= 4 is 23.2 Å². The lowest BCUT2D eigenvalue weighted by molar-refractivity contribution is 0.103. The van der Waals surface area contributed by atoms with Gasteiger partial charge in [0.05, 0.1) is 11.6 Å². The second-order valence-electron chi connectivity index (χ2n) is 6.25. The number of aromatic nitrogens is 1. The number of nitrogens with one attached hydrogen (secondary N) is 1. The highest BCUT2D eigenvalue weighted by Gasteiger charge is 2.36. The third kappa shape index (κ3) is 2.38. The number of carbonyl (C=O) groups is 1. The van der Waals surface area contributed by atoms with Gasteiger partial charge in [0.1, 0.15) is 5.82 Å². The quantitative estimate of drug-likeness (QED) is 0.856. The van der Waals surface area contributed by atoms with Crippen LogP contribution in [0.15, 0.2) is 41.2 Å². The molecular formula is C18H17ClN2O2. The molecule has 1 aromatic carbocycles. The van der Waals surface area contributed by atoms with Crippen LogP contribution >= 0.6 is 11.6 Å². The van der Waals surface area contributed by atoms with E-state index >= 15 is 0 Å². The van der Waals surface area contributed by atoms with Gasteiger partial charge in [-0.15, -0.1) is 0 Å². The fourth-order valence-electron chi connectivity index (χ4n) is 3.76. The molecule has 1 aliphatic carbocycles. The SMILES string of the molecule is O=C(c1cccc(Cl)c1)c1ccc(=O)n2c1N[C@H]1CCCC[C@@H]12. The number of anilines is 1. The molecule has 0 saturated heterocycles. The van der Waals surface area contributed by atoms with Gasteiger partial charge in [0.25, 0.3) is 5.56 Å². The molecule has 5 heteroatoms. The van der Waals surface area contributed by atoms with Crippen LogP contribution in [0.5, 0.6) is 0 Å². The maximum absolute atomic E-state index is 12.9. The number of ketones is 1. The molecule has 0 unspecified atom stereocenters. The summed E-state index contributed by atoms with van der Waals surface area (Å²) in [6.45, 7) is 0. The monoisotopic (exact) mass is 328 g/mol. The highest BCUT2D eigenvalue weighted by Crippen LogP contribution is 2.38. The lowest BCUT2D eigenvalue weighted by atomic mass is 9.91. The van der Waals surface area contributed by atoms with Crippen LogP contribution < -0.4 is 10.9 Å². The third-order valence-electron chi connectivity index (χ3n) is 4.84. The molecule has 23 heavy (non-hydrogen) atoms. The van der Waals surface area contributed by atoms with E-state index in [0.717, 1.165) is 25.7 Å². The summed E-state index contributed by atoms with van der Waals surface area (Å²) in [4.78, 5) is 25.2. The third-order valence-corrected chi connectivity index (χ3v) is 5.08. The van der Waals surface area contributed by atoms with Gasteiger partial charge in [-0.05, 0) is 31.0 Å². The molecular weight excluding hydrogens is 312 g/mol. The smallest absolute Gasteiger partial charge is 0.252 e. The minimum Gasteiger partial charge on any atom is -0.366 e. The molecule has 0 radical (unpaired) electrons. The van der Waals surface area contributed by atoms with E-state index in [1.165, 1.54) is 6.07 Å². The summed E-state index contributed by atoms with van der Waals surface area (Å²) >= 11 is 6.00. The molecule has 0 bridgehead atoms. The molecule has 1 aliphatic heterocycles. The molecule has 0 amide bonds. The van der Waals surface area contributed by atoms with E-state index in [1.807, 2.05) is 0 Å². The minimum atomic E-state index is -0.109. The lowest BCUT2D eigenvalue weighted by Gasteiger charge is -2.25. The Hall–Kier alpha value is -2.07. The van der Waals surface area contributed by atoms with E-state index in [1.54, 1.807) is 34.9 Å². The van der Waals surface area contributed by atoms with Crippen molar-refractivity contribution < 1.29 is 4.79 Å². The summed E-state index contributed by atoms with van der Waals surface area (Å²) in [5.74, 6) is 0.557. The summed E-state index contributed by atoms with van der Waals surface area (Å²) in [7, 11) is 0. The van der Waals surface area contributed by atoms with E-state index < -0.39 is 0 Å². The highest BCUT2D eigenvalue weighted by atomic mass is 35.5. The summed E-state index contributed by atoms with van der Waals surface area (Å²) in [5, 5.41) is 3.95. The van der Waals surface area contributed by atoms with Gasteiger partial charge in [0.2, 0.25) is 0 Å². The number of hydrogen-bond donors (Lipinski definition) is 1. The lowest BCUT2D eigenvalue weighted by Crippen LogP contribution is -2.29. The number of nitrogens with zero attached hydrogens (tertiary/aromatic N) is 1. The van der Waals surface area contributed by atoms with Crippen LogP contribution in [0.3, 0.4) is 0 Å². The minimum absolute atomic E-state index is 0.0375. The zero-order valence-electron chi connectivity index (χ0n) is 12.6. The molecule has 1 aromatic heterocycles. The van der Waals surface area contributed by atoms with E-state index in [4.69, 9.17) is 11.6 Å². The number of halogens is 1. The van der Waals surface area contributed by atoms with Crippen LogP contribution in [-0.4, -0.2) is 16.4 Å². The standard InChI is InChI=1S/C18H17ClN2O2/c19-12-5-3-4-11(10-12)17(23)13-8-9-16(22)21-15-7-2-1-6-14(15)20-18(13)21/h3-5,8-10,14-15,20H,1-2,6-7H2/t14-,15-/m0/s1. The van der Waals surface area contributed by atoms with Crippen molar-refractivity contribution in [3.8, 4) is 0 Å². The van der Waals surface area contributed by atoms with Gasteiger partial charge in [-0.2, -0.15) is 0 Å². The first kappa shape index (κ1) is 14.5. The maximum atomic E-state index is 12.9. The Labute approximate surface area is 139 Å². The Morgan fingerprint density at radius 2 is 2.00 bits per heavy atom. The summed E-state index contributed by atoms with van der Waals surface area (Å²) in [6.07, 6.45) is 4.31. The molecule has 2 heterocycles. The number of carbonyl (C=O) groups excluding carboxylic acids is 1. The number of fused-ring (bicyclic) bond motifs is 3. The van der Waals surface area contributed by atoms with Crippen LogP contribution in [0.2, 0.25) is 5.02 Å². The van der Waals surface area contributed by atoms with Crippen molar-refractivity contribution in [2.45, 2.75) is 37.8 Å². The Balaban J connectivity index is 1.81. The van der Waals surface area contributed by atoms with Crippen LogP contribution in [0.4, 0.5) is 5.82 Å². The van der Waals surface area contributed by atoms with Gasteiger partial charge in [-0.25, -0.2) is 0 Å². The Morgan fingerprint density at radius 1 is 1.17 bits per heavy atom. The average molecular weight is 329 g/mol. The highest BCUT2D eigenvalue weighted by molar-refractivity contribution is 6.31. The van der Waals surface area contributed by atoms with E-state index in [-0.39, 0.29) is 23.4 Å². The Kier molecular flexibility index (Phi) is 3.49. The predicted octanol–water partition coefficient (Wildman–Crippen LogP) is 3.64. The van der Waals surface area contributed by atoms with Gasteiger partial charge in [-0.3, -0.25) is 14.2 Å². The molecule has 2 aliphatic rings. The number of pyridine rings is 1. The van der Waals surface area contributed by atoms with E-state index in [0.29, 0.717) is 22.0 Å². The fourth-order valence-corrected chi connectivity index (χ4v) is 3.95. The first-order chi connectivity index (χ1) is 11.1. The van der Waals surface area contributed by atoms with Crippen LogP contribution in [0.1, 0.15) is 47.6 Å². The second-order valence-corrected chi connectivity index (χ2v) is 6.68. The van der Waals surface area contributed by atoms with Crippen molar-refractivity contribution in [1.29, 1.82) is 0 Å². The molecule has 4 rings (SSSR count). The molecule has 4 nitrogen and oxygen atoms in total. The van der Waals surface area contributed by atoms with Crippen molar-refractivity contribution in [2.24, 2.45) is 0 Å². The molecule has 1 N–H and O–H groups in total. The molecule has 2 aromatic rings. The molecule has 1 saturated carbocycles. The van der Waals surface area contributed by atoms with Crippen molar-refractivity contribution in [3.63, 3.8) is 0 Å². The molecule has 0 spiro atoms. The molecule has 2 atom stereocenters. The normalized spacial score (nSPS) is 22.1. The Bertz CT molecular complexity index is 843. The van der Waals surface area contributed by atoms with Gasteiger partial charge in [0.15, 0.2) is 5.78 Å². The zero-order valence-corrected chi connectivity index (χ0v) is 13.3. The summed E-state index contributed by atoms with van der Waals surface area (Å²) in [6, 6.07) is 10.5. The zero-order chi connectivity index (χ0) is 16.0. The van der Waals surface area contributed by atoms with Crippen molar-refractivity contribution in [1.82, 2.24) is 4.57 Å². The molecule has 1 fully saturated rings. The topological polar surface area (TPSA) is 51.1 Å². The summed E-state index contributed by atoms with van der Waals surface area (Å²) < 4.78 is 1.78. The predicted molar refractivity (Wildman–Crippen MR) is 90.5 cm³/mol. The van der Waals surface area contributed by atoms with Gasteiger partial charge < -0.3 is 5.32 Å². The van der Waals surface area contributed by atoms with Crippen molar-refractivity contribution in [3.05, 3.63) is 62.9 Å². The van der Waals surface area contributed by atoms with Gasteiger partial charge in [-0.1, -0.05) is 36.6 Å². The largest absolute Gasteiger partial charge is 0.366 e. The van der Waals surface area contributed by atoms with Crippen LogP contribution in [0.25, 0.3) is 0 Å². The first-order valence-corrected chi connectivity index (χ1v) is 8.35. The number of rotatable bonds is 2. The number of hydrogen-bond acceptors (Lipinski definition) is 3. The van der Waals surface area contributed by atoms with E-state index in [2.05, 4.69) is 5.32 Å². The van der Waals surface area contributed by atoms with E-state index in [9.17, 15) is 9.59 Å². The second kappa shape index (κ2) is 5.53. The fraction of sp³-hybridized carbons (Fsp3) is 0.333. The van der Waals surface area contributed by atoms with Crippen LogP contribution in [0, 0.1) is 0 Å². The maximum Gasteiger partial charge on any atom is 0.252 e. The average Bonchev–Trinajstić information content (AvgIpc) is 2.95. The first-order valence-electron chi connectivity index (χ1n) is 7.97. The van der Waals surface area contributed by atoms with Gasteiger partial charge >= 0.3 is 0 Å². The number of benzene rings is 1. The van der Waals surface area contributed by atoms with Crippen molar-refractivity contribution in [2.75, 3.05) is 5.32 Å². The summed E-state index contributed by atoms with van der Waals surface area (Å²) in [5.41, 5.74) is 1.04. The van der Waals surface area contributed by atoms with Gasteiger partial charge in [0, 0.05) is 22.7 Å². The molecule has 118 valence electrons. The Morgan fingerprint density at radius 3 is 2.83 bits per heavy atom.